The fraction of sp³-hybridized carbons (Fsp3) is 0.458. The van der Waals surface area contributed by atoms with E-state index in [2.05, 4.69) is 139 Å². The van der Waals surface area contributed by atoms with Gasteiger partial charge in [-0.25, -0.2) is 9.59 Å². The highest BCUT2D eigenvalue weighted by molar-refractivity contribution is 14.1. The summed E-state index contributed by atoms with van der Waals surface area (Å²) >= 11 is 2.32. The van der Waals surface area contributed by atoms with Crippen LogP contribution in [-0.2, 0) is 9.47 Å². The van der Waals surface area contributed by atoms with E-state index in [0.29, 0.717) is 17.7 Å². The van der Waals surface area contributed by atoms with Crippen molar-refractivity contribution in [2.75, 3.05) is 13.1 Å². The zero-order chi connectivity index (χ0) is 52.5. The van der Waals surface area contributed by atoms with E-state index in [1.807, 2.05) is 82.2 Å². The van der Waals surface area contributed by atoms with Crippen LogP contribution in [0, 0.1) is 138 Å². The Morgan fingerprint density at radius 3 is 1.16 bits per heavy atom. The molecule has 4 aromatic carbocycles. The van der Waals surface area contributed by atoms with Crippen LogP contribution >= 0.6 is 22.6 Å². The second-order valence-electron chi connectivity index (χ2n) is 19.8. The first-order valence-corrected chi connectivity index (χ1v) is 24.2. The van der Waals surface area contributed by atoms with Gasteiger partial charge in [-0.1, -0.05) is 17.8 Å². The van der Waals surface area contributed by atoms with Crippen molar-refractivity contribution in [1.82, 2.24) is 10.6 Å². The summed E-state index contributed by atoms with van der Waals surface area (Å²) in [5, 5.41) is 5.16. The van der Waals surface area contributed by atoms with Gasteiger partial charge in [0.05, 0.1) is 13.1 Å². The normalized spacial score (nSPS) is 10.8. The van der Waals surface area contributed by atoms with Gasteiger partial charge in [0, 0.05) is 31.4 Å². The van der Waals surface area contributed by atoms with Crippen LogP contribution in [0.25, 0.3) is 0 Å². The Bertz CT molecular complexity index is 2700. The first-order chi connectivity index (χ1) is 31.2. The predicted octanol–water partition coefficient (Wildman–Crippen LogP) is 13.8. The number of hydrogen-bond donors (Lipinski definition) is 2. The minimum absolute atomic E-state index is 0.00759. The summed E-state index contributed by atoms with van der Waals surface area (Å²) in [6, 6.07) is 4.00. The van der Waals surface area contributed by atoms with Gasteiger partial charge < -0.3 is 20.1 Å². The number of carbonyl (C=O) groups excluding carboxylic acids is 4. The Morgan fingerprint density at radius 2 is 0.794 bits per heavy atom. The molecule has 0 spiro atoms. The van der Waals surface area contributed by atoms with Gasteiger partial charge in [-0.2, -0.15) is 0 Å². The third kappa shape index (κ3) is 14.8. The topological polar surface area (TPSA) is 111 Å². The molecule has 68 heavy (non-hydrogen) atoms. The maximum absolute atomic E-state index is 13.9. The molecule has 4 aromatic rings. The largest absolute Gasteiger partial charge is 0.444 e. The lowest BCUT2D eigenvalue weighted by Gasteiger charge is -2.20. The van der Waals surface area contributed by atoms with Gasteiger partial charge in [0.2, 0.25) is 0 Å². The van der Waals surface area contributed by atoms with Crippen LogP contribution in [0.15, 0.2) is 12.1 Å². The van der Waals surface area contributed by atoms with E-state index in [-0.39, 0.29) is 18.1 Å². The van der Waals surface area contributed by atoms with Crippen LogP contribution in [0.5, 0.6) is 0 Å². The number of alkyl carbamates (subject to hydrolysis) is 2. The number of benzene rings is 4. The first kappa shape index (κ1) is 58.7. The minimum atomic E-state index is -0.568. The molecule has 0 fully saturated rings. The van der Waals surface area contributed by atoms with E-state index in [9.17, 15) is 19.2 Å². The Labute approximate surface area is 423 Å². The van der Waals surface area contributed by atoms with Gasteiger partial charge in [0.15, 0.2) is 11.6 Å². The molecule has 0 bridgehead atoms. The van der Waals surface area contributed by atoms with Crippen LogP contribution in [0.4, 0.5) is 9.59 Å². The van der Waals surface area contributed by atoms with Gasteiger partial charge >= 0.3 is 12.2 Å². The summed E-state index contributed by atoms with van der Waals surface area (Å²) in [4.78, 5) is 50.1. The van der Waals surface area contributed by atoms with E-state index in [0.717, 1.165) is 70.3 Å². The molecule has 0 atom stereocenters. The first-order valence-electron chi connectivity index (χ1n) is 23.1. The number of rotatable bonds is 6. The SMILES string of the molecule is CC#CCNC(=O)OC(C)(C)C.Cc1cc(C(=O)c2c(C)c(C)c(C)c(C)c2C)c(C#CCNC(=O)OC(C)(C)C)c(C)c1C.Cc1cc(C(=O)c2c(C)c(C)c(C)c(C)c2C)c(I)c(C)c1C. The molecule has 366 valence electrons. The van der Waals surface area contributed by atoms with E-state index in [1.54, 1.807) is 6.92 Å². The standard InChI is InChI=1S/C29H37NO3.C21H25IO.C9H15NO2/c1-16-15-25(27(31)26-22(7)19(4)18(3)20(5)23(26)8)24(21(6)17(16)2)13-12-14-30-28(32)33-29(9,10)11;1-10-9-18(20(22)17(8)11(10)2)21(23)19-15(6)13(4)12(3)14(5)16(19)7;1-5-6-7-10-8(11)12-9(2,3)4/h15H,14H2,1-11H3,(H,30,32);9H,1-8H3;7H2,1-4H3,(H,10,11). The number of carbonyl (C=O) groups is 4. The predicted molar refractivity (Wildman–Crippen MR) is 290 cm³/mol. The molecule has 2 amide bonds. The van der Waals surface area contributed by atoms with Crippen LogP contribution in [0.2, 0.25) is 0 Å². The molecule has 0 saturated carbocycles. The molecule has 9 heteroatoms. The Morgan fingerprint density at radius 1 is 0.471 bits per heavy atom. The van der Waals surface area contributed by atoms with Crippen molar-refractivity contribution >= 4 is 46.3 Å². The van der Waals surface area contributed by atoms with Crippen molar-refractivity contribution in [3.05, 3.63) is 133 Å². The third-order valence-corrected chi connectivity index (χ3v) is 14.4. The molecule has 4 rings (SSSR count). The molecular weight excluding hydrogens is 960 g/mol. The quantitative estimate of drug-likeness (QED) is 0.113. The van der Waals surface area contributed by atoms with Gasteiger partial charge in [-0.15, -0.1) is 5.92 Å². The lowest BCUT2D eigenvalue weighted by atomic mass is 9.83. The fourth-order valence-corrected chi connectivity index (χ4v) is 8.48. The summed E-state index contributed by atoms with van der Waals surface area (Å²) in [6.07, 6.45) is -0.938. The highest BCUT2D eigenvalue weighted by Crippen LogP contribution is 2.33. The van der Waals surface area contributed by atoms with Crippen LogP contribution in [0.3, 0.4) is 0 Å². The zero-order valence-corrected chi connectivity index (χ0v) is 47.6. The van der Waals surface area contributed by atoms with Crippen LogP contribution in [-0.4, -0.2) is 48.0 Å². The average molecular weight is 1040 g/mol. The number of ketones is 2. The lowest BCUT2D eigenvalue weighted by molar-refractivity contribution is 0.0523. The molecule has 0 saturated heterocycles. The molecule has 0 aliphatic rings. The van der Waals surface area contributed by atoms with Crippen LogP contribution < -0.4 is 10.6 Å². The van der Waals surface area contributed by atoms with Crippen molar-refractivity contribution in [3.8, 4) is 23.7 Å². The van der Waals surface area contributed by atoms with Crippen molar-refractivity contribution in [2.45, 2.75) is 170 Å². The second-order valence-corrected chi connectivity index (χ2v) is 20.8. The summed E-state index contributed by atoms with van der Waals surface area (Å²) in [7, 11) is 0. The Balaban J connectivity index is 0.000000391. The maximum Gasteiger partial charge on any atom is 0.408 e. The van der Waals surface area contributed by atoms with E-state index in [4.69, 9.17) is 9.47 Å². The van der Waals surface area contributed by atoms with E-state index in [1.165, 1.54) is 38.9 Å². The molecule has 0 aliphatic carbocycles. The molecule has 8 nitrogen and oxygen atoms in total. The molecule has 0 aromatic heterocycles. The highest BCUT2D eigenvalue weighted by atomic mass is 127. The highest BCUT2D eigenvalue weighted by Gasteiger charge is 2.25. The number of hydrogen-bond acceptors (Lipinski definition) is 6. The van der Waals surface area contributed by atoms with Gasteiger partial charge in [-0.3, -0.25) is 9.59 Å². The summed E-state index contributed by atoms with van der Waals surface area (Å²) in [5.41, 5.74) is 21.1. The monoisotopic (exact) mass is 1040 g/mol. The maximum atomic E-state index is 13.9. The summed E-state index contributed by atoms with van der Waals surface area (Å²) in [6.45, 7) is 46.3. The number of amides is 2. The molecule has 0 aliphatic heterocycles. The van der Waals surface area contributed by atoms with Crippen LogP contribution in [0.1, 0.15) is 175 Å². The Kier molecular flexibility index (Phi) is 20.9. The Hall–Kier alpha value is -5.39. The molecular formula is C59H77IN2O6. The van der Waals surface area contributed by atoms with E-state index >= 15 is 0 Å². The summed E-state index contributed by atoms with van der Waals surface area (Å²) < 4.78 is 11.3. The lowest BCUT2D eigenvalue weighted by Crippen LogP contribution is -2.32. The second kappa shape index (κ2) is 24.2. The van der Waals surface area contributed by atoms with Gasteiger partial charge in [0.1, 0.15) is 11.2 Å². The fourth-order valence-electron chi connectivity index (χ4n) is 7.67. The number of aryl methyl sites for hydroxylation is 2. The molecule has 2 N–H and O–H groups in total. The molecule has 0 unspecified atom stereocenters. The van der Waals surface area contributed by atoms with Crippen molar-refractivity contribution in [3.63, 3.8) is 0 Å². The molecule has 0 heterocycles. The number of ether oxygens (including phenoxy) is 2. The van der Waals surface area contributed by atoms with E-state index < -0.39 is 23.4 Å². The van der Waals surface area contributed by atoms with Crippen molar-refractivity contribution < 1.29 is 28.7 Å². The van der Waals surface area contributed by atoms with Gasteiger partial charge in [-0.05, 0) is 283 Å². The minimum Gasteiger partial charge on any atom is -0.444 e. The average Bonchev–Trinajstić information content (AvgIpc) is 3.24. The van der Waals surface area contributed by atoms with Crippen molar-refractivity contribution in [2.24, 2.45) is 0 Å². The molecule has 0 radical (unpaired) electrons. The number of nitrogens with one attached hydrogen (secondary N) is 2. The summed E-state index contributed by atoms with van der Waals surface area (Å²) in [5.74, 6) is 11.7. The van der Waals surface area contributed by atoms with Gasteiger partial charge in [0.25, 0.3) is 0 Å². The zero-order valence-electron chi connectivity index (χ0n) is 45.4. The number of halogens is 1. The van der Waals surface area contributed by atoms with Crippen molar-refractivity contribution in [1.29, 1.82) is 0 Å². The third-order valence-electron chi connectivity index (χ3n) is 13.0. The smallest absolute Gasteiger partial charge is 0.408 e.